The number of piperidine rings is 1. The molecule has 0 radical (unpaired) electrons. The van der Waals surface area contributed by atoms with Gasteiger partial charge in [-0.05, 0) is 31.8 Å². The summed E-state index contributed by atoms with van der Waals surface area (Å²) in [7, 11) is 0. The van der Waals surface area contributed by atoms with Crippen molar-refractivity contribution in [2.24, 2.45) is 10.9 Å². The van der Waals surface area contributed by atoms with E-state index in [1.807, 2.05) is 0 Å². The molecule has 2 heterocycles. The molecule has 0 amide bonds. The lowest BCUT2D eigenvalue weighted by atomic mass is 10.00. The summed E-state index contributed by atoms with van der Waals surface area (Å²) in [5.74, 6) is 1.79. The van der Waals surface area contributed by atoms with Crippen LogP contribution in [0.3, 0.4) is 0 Å². The van der Waals surface area contributed by atoms with Crippen molar-refractivity contribution >= 4 is 5.84 Å². The van der Waals surface area contributed by atoms with Crippen LogP contribution in [-0.2, 0) is 4.74 Å². The third kappa shape index (κ3) is 2.96. The van der Waals surface area contributed by atoms with Crippen LogP contribution in [-0.4, -0.2) is 45.2 Å². The number of rotatable bonds is 2. The van der Waals surface area contributed by atoms with Crippen molar-refractivity contribution < 1.29 is 4.74 Å². The standard InChI is InChI=1S/C10H19N3O/c1-2-9(6-11-3-1)7-13-10-8-14-5-4-12-10/h9,11H,1-8H2,(H,12,13). The normalized spacial score (nSPS) is 28.3. The molecule has 1 atom stereocenters. The highest BCUT2D eigenvalue weighted by molar-refractivity contribution is 5.83. The van der Waals surface area contributed by atoms with Crippen molar-refractivity contribution in [3.8, 4) is 0 Å². The van der Waals surface area contributed by atoms with Crippen LogP contribution in [0.25, 0.3) is 0 Å². The summed E-state index contributed by atoms with van der Waals surface area (Å²) < 4.78 is 5.31. The Morgan fingerprint density at radius 2 is 2.57 bits per heavy atom. The maximum Gasteiger partial charge on any atom is 0.123 e. The van der Waals surface area contributed by atoms with Gasteiger partial charge in [0.2, 0.25) is 0 Å². The summed E-state index contributed by atoms with van der Waals surface area (Å²) in [5.41, 5.74) is 0. The molecule has 0 aromatic heterocycles. The van der Waals surface area contributed by atoms with Crippen molar-refractivity contribution in [2.75, 3.05) is 39.4 Å². The fourth-order valence-corrected chi connectivity index (χ4v) is 1.93. The Balaban J connectivity index is 1.67. The van der Waals surface area contributed by atoms with Gasteiger partial charge in [-0.2, -0.15) is 0 Å². The van der Waals surface area contributed by atoms with E-state index in [4.69, 9.17) is 4.74 Å². The van der Waals surface area contributed by atoms with Crippen molar-refractivity contribution in [2.45, 2.75) is 12.8 Å². The van der Waals surface area contributed by atoms with Crippen LogP contribution in [0.5, 0.6) is 0 Å². The first-order chi connectivity index (χ1) is 6.95. The van der Waals surface area contributed by atoms with E-state index in [1.54, 1.807) is 0 Å². The first kappa shape index (κ1) is 9.93. The largest absolute Gasteiger partial charge is 0.372 e. The molecule has 0 bridgehead atoms. The van der Waals surface area contributed by atoms with E-state index in [-0.39, 0.29) is 0 Å². The zero-order valence-electron chi connectivity index (χ0n) is 8.59. The van der Waals surface area contributed by atoms with Crippen LogP contribution in [0.4, 0.5) is 0 Å². The number of nitrogens with one attached hydrogen (secondary N) is 2. The van der Waals surface area contributed by atoms with E-state index < -0.39 is 0 Å². The molecule has 2 aliphatic rings. The Hall–Kier alpha value is -0.610. The Kier molecular flexibility index (Phi) is 3.77. The summed E-state index contributed by atoms with van der Waals surface area (Å²) >= 11 is 0. The molecule has 2 rings (SSSR count). The second-order valence-electron chi connectivity index (χ2n) is 3.97. The van der Waals surface area contributed by atoms with Gasteiger partial charge in [0.15, 0.2) is 0 Å². The predicted octanol–water partition coefficient (Wildman–Crippen LogP) is 0.00430. The third-order valence-electron chi connectivity index (χ3n) is 2.77. The Morgan fingerprint density at radius 3 is 3.29 bits per heavy atom. The summed E-state index contributed by atoms with van der Waals surface area (Å²) in [5, 5.41) is 6.79. The van der Waals surface area contributed by atoms with Gasteiger partial charge in [-0.3, -0.25) is 4.99 Å². The fraction of sp³-hybridized carbons (Fsp3) is 0.900. The van der Waals surface area contributed by atoms with E-state index in [1.165, 1.54) is 19.4 Å². The summed E-state index contributed by atoms with van der Waals surface area (Å²) in [6.07, 6.45) is 2.63. The molecular formula is C10H19N3O. The van der Waals surface area contributed by atoms with E-state index in [2.05, 4.69) is 15.6 Å². The third-order valence-corrected chi connectivity index (χ3v) is 2.77. The average molecular weight is 197 g/mol. The predicted molar refractivity (Wildman–Crippen MR) is 56.7 cm³/mol. The van der Waals surface area contributed by atoms with Crippen molar-refractivity contribution in [3.05, 3.63) is 0 Å². The summed E-state index contributed by atoms with van der Waals surface area (Å²) in [6, 6.07) is 0. The molecule has 0 aromatic carbocycles. The van der Waals surface area contributed by atoms with Gasteiger partial charge in [-0.25, -0.2) is 0 Å². The van der Waals surface area contributed by atoms with Crippen LogP contribution in [0, 0.1) is 5.92 Å². The molecule has 0 saturated carbocycles. The van der Waals surface area contributed by atoms with Crippen LogP contribution >= 0.6 is 0 Å². The number of hydrogen-bond acceptors (Lipinski definition) is 4. The van der Waals surface area contributed by atoms with E-state index in [9.17, 15) is 0 Å². The van der Waals surface area contributed by atoms with E-state index >= 15 is 0 Å². The molecular weight excluding hydrogens is 178 g/mol. The van der Waals surface area contributed by atoms with Crippen LogP contribution in [0.15, 0.2) is 4.99 Å². The van der Waals surface area contributed by atoms with Crippen LogP contribution in [0.2, 0.25) is 0 Å². The van der Waals surface area contributed by atoms with Crippen molar-refractivity contribution in [1.29, 1.82) is 0 Å². The highest BCUT2D eigenvalue weighted by Gasteiger charge is 2.13. The molecule has 4 heteroatoms. The van der Waals surface area contributed by atoms with E-state index in [0.29, 0.717) is 6.61 Å². The molecule has 1 unspecified atom stereocenters. The van der Waals surface area contributed by atoms with Gasteiger partial charge in [0, 0.05) is 6.54 Å². The van der Waals surface area contributed by atoms with Gasteiger partial charge in [-0.15, -0.1) is 0 Å². The monoisotopic (exact) mass is 197 g/mol. The highest BCUT2D eigenvalue weighted by atomic mass is 16.5. The van der Waals surface area contributed by atoms with Crippen LogP contribution < -0.4 is 10.6 Å². The molecule has 2 N–H and O–H groups in total. The van der Waals surface area contributed by atoms with Crippen molar-refractivity contribution in [1.82, 2.24) is 10.6 Å². The first-order valence-electron chi connectivity index (χ1n) is 5.51. The Labute approximate surface area is 85.1 Å². The van der Waals surface area contributed by atoms with Gasteiger partial charge in [-0.1, -0.05) is 0 Å². The Morgan fingerprint density at radius 1 is 1.57 bits per heavy atom. The number of hydrogen-bond donors (Lipinski definition) is 2. The number of amidine groups is 1. The maximum atomic E-state index is 5.31. The molecule has 4 nitrogen and oxygen atoms in total. The fourth-order valence-electron chi connectivity index (χ4n) is 1.93. The second kappa shape index (κ2) is 5.32. The lowest BCUT2D eigenvalue weighted by molar-refractivity contribution is 0.167. The lowest BCUT2D eigenvalue weighted by Crippen LogP contribution is -2.40. The summed E-state index contributed by atoms with van der Waals surface area (Å²) in [4.78, 5) is 4.37. The van der Waals surface area contributed by atoms with Gasteiger partial charge in [0.1, 0.15) is 12.4 Å². The zero-order valence-corrected chi connectivity index (χ0v) is 8.59. The minimum atomic E-state index is 0.667. The lowest BCUT2D eigenvalue weighted by Gasteiger charge is -2.24. The zero-order chi connectivity index (χ0) is 9.64. The van der Waals surface area contributed by atoms with Crippen molar-refractivity contribution in [3.63, 3.8) is 0 Å². The van der Waals surface area contributed by atoms with E-state index in [0.717, 1.165) is 38.0 Å². The second-order valence-corrected chi connectivity index (χ2v) is 3.97. The molecule has 80 valence electrons. The molecule has 1 fully saturated rings. The molecule has 2 aliphatic heterocycles. The topological polar surface area (TPSA) is 45.7 Å². The minimum Gasteiger partial charge on any atom is -0.372 e. The minimum absolute atomic E-state index is 0.667. The SMILES string of the molecule is C1CNCC(CNC2=NCCOC2)C1. The highest BCUT2D eigenvalue weighted by Crippen LogP contribution is 2.08. The molecule has 0 aliphatic carbocycles. The molecule has 0 spiro atoms. The smallest absolute Gasteiger partial charge is 0.123 e. The number of ether oxygens (including phenoxy) is 1. The maximum absolute atomic E-state index is 5.31. The molecule has 14 heavy (non-hydrogen) atoms. The summed E-state index contributed by atoms with van der Waals surface area (Å²) in [6.45, 7) is 5.61. The number of nitrogens with zero attached hydrogens (tertiary/aromatic N) is 1. The van der Waals surface area contributed by atoms with Gasteiger partial charge in [0.25, 0.3) is 0 Å². The van der Waals surface area contributed by atoms with Gasteiger partial charge < -0.3 is 15.4 Å². The number of aliphatic imine (C=N–C) groups is 1. The molecule has 0 aromatic rings. The van der Waals surface area contributed by atoms with Gasteiger partial charge in [0.05, 0.1) is 13.2 Å². The average Bonchev–Trinajstić information content (AvgIpc) is 2.29. The quantitative estimate of drug-likeness (QED) is 0.655. The Bertz CT molecular complexity index is 200. The first-order valence-corrected chi connectivity index (χ1v) is 5.51. The van der Waals surface area contributed by atoms with Gasteiger partial charge >= 0.3 is 0 Å². The van der Waals surface area contributed by atoms with Crippen LogP contribution in [0.1, 0.15) is 12.8 Å². The molecule has 1 saturated heterocycles.